The number of hydrogen-bond donors (Lipinski definition) is 1. The maximum atomic E-state index is 10.8. The maximum absolute atomic E-state index is 10.8. The summed E-state index contributed by atoms with van der Waals surface area (Å²) in [5, 5.41) is 11.8. The van der Waals surface area contributed by atoms with E-state index in [2.05, 4.69) is 64.8 Å². The second-order valence-electron chi connectivity index (χ2n) is 7.79. The van der Waals surface area contributed by atoms with E-state index in [0.29, 0.717) is 5.75 Å². The molecular weight excluding hydrogens is 260 g/mol. The molecule has 0 atom stereocenters. The van der Waals surface area contributed by atoms with Crippen LogP contribution in [0.2, 0.25) is 0 Å². The van der Waals surface area contributed by atoms with Crippen LogP contribution in [-0.2, 0) is 17.3 Å². The van der Waals surface area contributed by atoms with Gasteiger partial charge in [-0.1, -0.05) is 66.1 Å². The van der Waals surface area contributed by atoms with E-state index in [1.165, 1.54) is 18.4 Å². The standard InChI is InChI=1S/C18H29OSi/c1-8-9-10-12-11-13(17(2,3)4)15(19)14(16(12)20)18(5,6)7/h11,19H,8-10H2,1-7H3. The van der Waals surface area contributed by atoms with Crippen molar-refractivity contribution in [1.82, 2.24) is 0 Å². The Labute approximate surface area is 128 Å². The number of phenols is 1. The number of unbranched alkanes of at least 4 members (excludes halogenated alkanes) is 1. The van der Waals surface area contributed by atoms with Crippen LogP contribution in [0.15, 0.2) is 6.07 Å². The minimum absolute atomic E-state index is 0.0506. The first-order chi connectivity index (χ1) is 9.00. The number of aryl methyl sites for hydroxylation is 1. The zero-order valence-corrected chi connectivity index (χ0v) is 15.1. The van der Waals surface area contributed by atoms with Crippen molar-refractivity contribution in [3.8, 4) is 5.75 Å². The van der Waals surface area contributed by atoms with Crippen molar-refractivity contribution in [2.75, 3.05) is 0 Å². The summed E-state index contributed by atoms with van der Waals surface area (Å²) < 4.78 is 0. The summed E-state index contributed by atoms with van der Waals surface area (Å²) >= 11 is 0. The fourth-order valence-corrected chi connectivity index (χ4v) is 3.29. The molecule has 0 spiro atoms. The lowest BCUT2D eigenvalue weighted by molar-refractivity contribution is 0.424. The molecule has 1 nitrogen and oxygen atoms in total. The third-order valence-corrected chi connectivity index (χ3v) is 4.31. The Morgan fingerprint density at radius 3 is 2.00 bits per heavy atom. The van der Waals surface area contributed by atoms with Crippen molar-refractivity contribution in [3.63, 3.8) is 0 Å². The van der Waals surface area contributed by atoms with E-state index in [-0.39, 0.29) is 10.8 Å². The molecule has 0 bridgehead atoms. The van der Waals surface area contributed by atoms with Crippen LogP contribution >= 0.6 is 0 Å². The van der Waals surface area contributed by atoms with Crippen LogP contribution in [0.25, 0.3) is 0 Å². The van der Waals surface area contributed by atoms with Crippen LogP contribution in [-0.4, -0.2) is 15.3 Å². The Morgan fingerprint density at radius 1 is 1.05 bits per heavy atom. The van der Waals surface area contributed by atoms with E-state index in [1.54, 1.807) is 0 Å². The predicted molar refractivity (Wildman–Crippen MR) is 89.5 cm³/mol. The number of rotatable bonds is 3. The van der Waals surface area contributed by atoms with Gasteiger partial charge in [-0.3, -0.25) is 0 Å². The van der Waals surface area contributed by atoms with E-state index < -0.39 is 0 Å². The fourth-order valence-electron chi connectivity index (χ4n) is 2.59. The monoisotopic (exact) mass is 289 g/mol. The predicted octanol–water partition coefficient (Wildman–Crippen LogP) is 4.12. The first kappa shape index (κ1) is 17.3. The Kier molecular flexibility index (Phi) is 5.12. The average Bonchev–Trinajstić information content (AvgIpc) is 2.24. The summed E-state index contributed by atoms with van der Waals surface area (Å²) in [5.74, 6) is 0.454. The van der Waals surface area contributed by atoms with Gasteiger partial charge in [0.05, 0.1) is 10.2 Å². The summed E-state index contributed by atoms with van der Waals surface area (Å²) in [5.41, 5.74) is 3.27. The second kappa shape index (κ2) is 5.93. The molecule has 3 radical (unpaired) electrons. The molecule has 1 aromatic rings. The highest BCUT2D eigenvalue weighted by Crippen LogP contribution is 2.38. The molecule has 0 amide bonds. The summed E-state index contributed by atoms with van der Waals surface area (Å²) in [6.07, 6.45) is 3.42. The highest BCUT2D eigenvalue weighted by molar-refractivity contribution is 6.35. The lowest BCUT2D eigenvalue weighted by atomic mass is 9.78. The largest absolute Gasteiger partial charge is 0.507 e. The van der Waals surface area contributed by atoms with E-state index >= 15 is 0 Å². The zero-order valence-electron chi connectivity index (χ0n) is 14.1. The lowest BCUT2D eigenvalue weighted by Gasteiger charge is -2.30. The van der Waals surface area contributed by atoms with E-state index in [4.69, 9.17) is 0 Å². The summed E-state index contributed by atoms with van der Waals surface area (Å²) in [6.45, 7) is 15.1. The molecule has 0 aliphatic rings. The Bertz CT molecular complexity index is 476. The first-order valence-corrected chi connectivity index (χ1v) is 8.11. The summed E-state index contributed by atoms with van der Waals surface area (Å²) in [6, 6.07) is 2.18. The number of benzene rings is 1. The highest BCUT2D eigenvalue weighted by Gasteiger charge is 2.28. The number of phenolic OH excluding ortho intramolecular Hbond substituents is 1. The third kappa shape index (κ3) is 3.66. The van der Waals surface area contributed by atoms with Gasteiger partial charge in [0.2, 0.25) is 0 Å². The summed E-state index contributed by atoms with van der Waals surface area (Å²) in [7, 11) is 3.80. The van der Waals surface area contributed by atoms with Crippen LogP contribution in [0.1, 0.15) is 78.0 Å². The van der Waals surface area contributed by atoms with E-state index in [1.807, 2.05) is 0 Å². The Morgan fingerprint density at radius 2 is 1.60 bits per heavy atom. The molecule has 1 aromatic carbocycles. The third-order valence-electron chi connectivity index (χ3n) is 3.74. The molecule has 0 fully saturated rings. The molecule has 0 unspecified atom stereocenters. The molecule has 0 heterocycles. The van der Waals surface area contributed by atoms with Gasteiger partial charge >= 0.3 is 0 Å². The molecule has 2 heteroatoms. The van der Waals surface area contributed by atoms with E-state index in [9.17, 15) is 5.11 Å². The van der Waals surface area contributed by atoms with Gasteiger partial charge in [-0.05, 0) is 40.4 Å². The number of hydrogen-bond acceptors (Lipinski definition) is 1. The zero-order chi connectivity index (χ0) is 15.7. The molecule has 0 aromatic heterocycles. The Hall–Kier alpha value is -0.763. The molecule has 20 heavy (non-hydrogen) atoms. The van der Waals surface area contributed by atoms with Crippen molar-refractivity contribution in [2.45, 2.75) is 78.6 Å². The van der Waals surface area contributed by atoms with Crippen LogP contribution in [0.4, 0.5) is 0 Å². The molecule has 0 aliphatic carbocycles. The minimum atomic E-state index is -0.0800. The molecule has 0 saturated carbocycles. The lowest BCUT2D eigenvalue weighted by Crippen LogP contribution is -2.29. The molecule has 1 rings (SSSR count). The van der Waals surface area contributed by atoms with Gasteiger partial charge in [0.25, 0.3) is 0 Å². The topological polar surface area (TPSA) is 20.2 Å². The van der Waals surface area contributed by atoms with Crippen molar-refractivity contribution in [1.29, 1.82) is 0 Å². The van der Waals surface area contributed by atoms with Crippen LogP contribution < -0.4 is 5.19 Å². The second-order valence-corrected chi connectivity index (χ2v) is 8.29. The van der Waals surface area contributed by atoms with Gasteiger partial charge in [0.1, 0.15) is 5.75 Å². The van der Waals surface area contributed by atoms with Crippen molar-refractivity contribution in [2.24, 2.45) is 0 Å². The molecule has 0 aliphatic heterocycles. The molecular formula is C18H29OSi. The van der Waals surface area contributed by atoms with Gasteiger partial charge in [-0.25, -0.2) is 0 Å². The molecule has 0 saturated heterocycles. The van der Waals surface area contributed by atoms with Crippen molar-refractivity contribution >= 4 is 15.4 Å². The maximum Gasteiger partial charge on any atom is 0.122 e. The van der Waals surface area contributed by atoms with Gasteiger partial charge in [0, 0.05) is 0 Å². The van der Waals surface area contributed by atoms with Crippen molar-refractivity contribution < 1.29 is 5.11 Å². The highest BCUT2D eigenvalue weighted by atomic mass is 28.1. The van der Waals surface area contributed by atoms with Gasteiger partial charge in [-0.2, -0.15) is 0 Å². The van der Waals surface area contributed by atoms with Gasteiger partial charge < -0.3 is 5.11 Å². The van der Waals surface area contributed by atoms with Gasteiger partial charge in [0.15, 0.2) is 0 Å². The smallest absolute Gasteiger partial charge is 0.122 e. The van der Waals surface area contributed by atoms with E-state index in [0.717, 1.165) is 22.7 Å². The molecule has 111 valence electrons. The van der Waals surface area contributed by atoms with Crippen molar-refractivity contribution in [3.05, 3.63) is 22.8 Å². The number of aromatic hydroxyl groups is 1. The SMILES string of the molecule is CCCCc1cc(C(C)(C)C)c(O)c(C(C)(C)C)c1[Si]. The Balaban J connectivity index is 3.57. The quantitative estimate of drug-likeness (QED) is 0.830. The fraction of sp³-hybridized carbons (Fsp3) is 0.667. The average molecular weight is 290 g/mol. The van der Waals surface area contributed by atoms with Crippen LogP contribution in [0.5, 0.6) is 5.75 Å². The van der Waals surface area contributed by atoms with Crippen LogP contribution in [0.3, 0.4) is 0 Å². The van der Waals surface area contributed by atoms with Crippen LogP contribution in [0, 0.1) is 0 Å². The van der Waals surface area contributed by atoms with Gasteiger partial charge in [-0.15, -0.1) is 0 Å². The summed E-state index contributed by atoms with van der Waals surface area (Å²) in [4.78, 5) is 0. The minimum Gasteiger partial charge on any atom is -0.507 e. The first-order valence-electron chi connectivity index (χ1n) is 7.61. The normalized spacial score (nSPS) is 12.8. The molecule has 1 N–H and O–H groups in total.